The van der Waals surface area contributed by atoms with Gasteiger partial charge >= 0.3 is 0 Å². The quantitative estimate of drug-likeness (QED) is 0.506. The molecule has 186 valence electrons. The molecule has 0 saturated carbocycles. The summed E-state index contributed by atoms with van der Waals surface area (Å²) in [4.78, 5) is 24.3. The number of hydrogen-bond acceptors (Lipinski definition) is 8. The summed E-state index contributed by atoms with van der Waals surface area (Å²) < 4.78 is 47.4. The Morgan fingerprint density at radius 2 is 1.94 bits per heavy atom. The molecule has 13 heteroatoms. The SMILES string of the molecule is C=O.CC1(c2nc3nc(Oc4ncc(Cl)cc4OCC(F)F)ccc3[nH]2)CCS(=O)CC1.CN. The Balaban J connectivity index is 0.000000970. The van der Waals surface area contributed by atoms with Crippen LogP contribution in [0.1, 0.15) is 25.6 Å². The lowest BCUT2D eigenvalue weighted by molar-refractivity contribution is -0.0980. The highest BCUT2D eigenvalue weighted by atomic mass is 35.5. The number of carbonyl (C=O) groups excluding carboxylic acids is 1. The summed E-state index contributed by atoms with van der Waals surface area (Å²) in [7, 11) is 0.734. The molecular formula is C21H26ClF2N5O4S. The van der Waals surface area contributed by atoms with Crippen LogP contribution < -0.4 is 15.2 Å². The summed E-state index contributed by atoms with van der Waals surface area (Å²) in [6, 6.07) is 4.75. The number of pyridine rings is 2. The van der Waals surface area contributed by atoms with E-state index in [1.54, 1.807) is 12.1 Å². The Bertz CT molecular complexity index is 1110. The van der Waals surface area contributed by atoms with Gasteiger partial charge in [0.05, 0.1) is 10.5 Å². The molecule has 1 saturated heterocycles. The first-order valence-corrected chi connectivity index (χ1v) is 12.0. The standard InChI is InChI=1S/C19H19ClF2N4O3S.CH5N.CH2O/c1-19(4-6-30(27)7-5-19)18-24-12-2-3-15(25-16(12)26-18)29-17-13(28-10-14(21)22)8-11(20)9-23-17;2*1-2/h2-3,8-9,14H,4-7,10H2,1H3,(H,24,25,26);2H2,1H3;1H2. The molecule has 34 heavy (non-hydrogen) atoms. The lowest BCUT2D eigenvalue weighted by Crippen LogP contribution is -2.33. The van der Waals surface area contributed by atoms with Gasteiger partial charge in [0.15, 0.2) is 11.4 Å². The third kappa shape index (κ3) is 6.90. The summed E-state index contributed by atoms with van der Waals surface area (Å²) in [6.45, 7) is 3.29. The average molecular weight is 518 g/mol. The van der Waals surface area contributed by atoms with Gasteiger partial charge in [0.25, 0.3) is 12.3 Å². The van der Waals surface area contributed by atoms with Gasteiger partial charge < -0.3 is 25.0 Å². The number of hydrogen-bond donors (Lipinski definition) is 2. The van der Waals surface area contributed by atoms with Crippen molar-refractivity contribution in [2.75, 3.05) is 25.2 Å². The van der Waals surface area contributed by atoms with Crippen molar-refractivity contribution in [2.24, 2.45) is 5.73 Å². The minimum absolute atomic E-state index is 0.00451. The fraction of sp³-hybridized carbons (Fsp3) is 0.429. The lowest BCUT2D eigenvalue weighted by Gasteiger charge is -2.30. The van der Waals surface area contributed by atoms with Gasteiger partial charge in [0, 0.05) is 46.0 Å². The normalized spacial score (nSPS) is 19.6. The van der Waals surface area contributed by atoms with Crippen molar-refractivity contribution in [1.29, 1.82) is 0 Å². The second-order valence-electron chi connectivity index (χ2n) is 7.28. The van der Waals surface area contributed by atoms with Gasteiger partial charge in [-0.15, -0.1) is 0 Å². The van der Waals surface area contributed by atoms with Gasteiger partial charge in [-0.05, 0) is 26.0 Å². The summed E-state index contributed by atoms with van der Waals surface area (Å²) in [6.07, 6.45) is 0.239. The molecule has 0 bridgehead atoms. The molecule has 1 fully saturated rings. The third-order valence-corrected chi connectivity index (χ3v) is 6.53. The summed E-state index contributed by atoms with van der Waals surface area (Å²) in [5, 5.41) is 0.230. The largest absolute Gasteiger partial charge is 0.482 e. The number of alkyl halides is 2. The molecular weight excluding hydrogens is 492 g/mol. The molecule has 0 spiro atoms. The highest BCUT2D eigenvalue weighted by Crippen LogP contribution is 2.35. The predicted molar refractivity (Wildman–Crippen MR) is 126 cm³/mol. The monoisotopic (exact) mass is 517 g/mol. The van der Waals surface area contributed by atoms with Crippen molar-refractivity contribution in [3.8, 4) is 17.5 Å². The molecule has 1 aliphatic rings. The van der Waals surface area contributed by atoms with Crippen molar-refractivity contribution in [3.05, 3.63) is 35.2 Å². The number of nitrogens with one attached hydrogen (secondary N) is 1. The maximum atomic E-state index is 12.5. The topological polar surface area (TPSA) is 133 Å². The number of H-pyrrole nitrogens is 1. The van der Waals surface area contributed by atoms with E-state index in [0.717, 1.165) is 24.2 Å². The Morgan fingerprint density at radius 3 is 2.59 bits per heavy atom. The first-order valence-electron chi connectivity index (χ1n) is 10.2. The van der Waals surface area contributed by atoms with E-state index >= 15 is 0 Å². The van der Waals surface area contributed by atoms with E-state index in [1.807, 2.05) is 6.79 Å². The molecule has 3 aromatic rings. The second kappa shape index (κ2) is 12.7. The smallest absolute Gasteiger partial charge is 0.272 e. The van der Waals surface area contributed by atoms with Crippen LogP contribution in [0.4, 0.5) is 8.78 Å². The van der Waals surface area contributed by atoms with Gasteiger partial charge in [-0.2, -0.15) is 4.98 Å². The predicted octanol–water partition coefficient (Wildman–Crippen LogP) is 3.63. The highest BCUT2D eigenvalue weighted by Gasteiger charge is 2.34. The Labute approximate surface area is 202 Å². The van der Waals surface area contributed by atoms with Crippen LogP contribution in [0.25, 0.3) is 11.2 Å². The third-order valence-electron chi connectivity index (χ3n) is 5.01. The number of aromatic nitrogens is 4. The van der Waals surface area contributed by atoms with Crippen LogP contribution in [0.5, 0.6) is 17.5 Å². The summed E-state index contributed by atoms with van der Waals surface area (Å²) in [5.74, 6) is 2.26. The van der Waals surface area contributed by atoms with Crippen molar-refractivity contribution in [2.45, 2.75) is 31.6 Å². The maximum Gasteiger partial charge on any atom is 0.272 e. The van der Waals surface area contributed by atoms with Gasteiger partial charge in [0.2, 0.25) is 5.88 Å². The Hall–Kier alpha value is -2.70. The minimum Gasteiger partial charge on any atom is -0.482 e. The second-order valence-corrected chi connectivity index (χ2v) is 9.41. The van der Waals surface area contributed by atoms with E-state index in [1.165, 1.54) is 19.3 Å². The van der Waals surface area contributed by atoms with Crippen LogP contribution in [0.2, 0.25) is 5.02 Å². The number of nitrogens with zero attached hydrogens (tertiary/aromatic N) is 3. The number of imidazole rings is 1. The molecule has 3 aromatic heterocycles. The van der Waals surface area contributed by atoms with E-state index in [9.17, 15) is 13.0 Å². The van der Waals surface area contributed by atoms with E-state index < -0.39 is 23.8 Å². The van der Waals surface area contributed by atoms with Crippen molar-refractivity contribution in [3.63, 3.8) is 0 Å². The summed E-state index contributed by atoms with van der Waals surface area (Å²) >= 11 is 5.88. The molecule has 0 atom stereocenters. The van der Waals surface area contributed by atoms with E-state index in [2.05, 4.69) is 32.6 Å². The molecule has 0 unspecified atom stereocenters. The number of aromatic amines is 1. The van der Waals surface area contributed by atoms with Crippen LogP contribution in [0, 0.1) is 0 Å². The van der Waals surface area contributed by atoms with Gasteiger partial charge in [-0.25, -0.2) is 18.7 Å². The number of halogens is 3. The summed E-state index contributed by atoms with van der Waals surface area (Å²) in [5.41, 5.74) is 5.51. The fourth-order valence-electron chi connectivity index (χ4n) is 3.20. The lowest BCUT2D eigenvalue weighted by atomic mass is 9.83. The van der Waals surface area contributed by atoms with Gasteiger partial charge in [-0.3, -0.25) is 4.21 Å². The molecule has 0 radical (unpaired) electrons. The fourth-order valence-corrected chi connectivity index (χ4v) is 4.91. The molecule has 0 aliphatic carbocycles. The van der Waals surface area contributed by atoms with E-state index in [4.69, 9.17) is 25.9 Å². The van der Waals surface area contributed by atoms with Crippen molar-refractivity contribution in [1.82, 2.24) is 19.9 Å². The van der Waals surface area contributed by atoms with Gasteiger partial charge in [0.1, 0.15) is 19.2 Å². The average Bonchev–Trinajstić information content (AvgIpc) is 3.28. The van der Waals surface area contributed by atoms with Crippen molar-refractivity contribution < 1.29 is 27.3 Å². The zero-order chi connectivity index (χ0) is 25.3. The molecule has 3 N–H and O–H groups in total. The van der Waals surface area contributed by atoms with Crippen LogP contribution in [-0.4, -0.2) is 62.5 Å². The Morgan fingerprint density at radius 1 is 1.26 bits per heavy atom. The zero-order valence-electron chi connectivity index (χ0n) is 18.7. The zero-order valence-corrected chi connectivity index (χ0v) is 20.3. The molecule has 4 heterocycles. The molecule has 1 aliphatic heterocycles. The van der Waals surface area contributed by atoms with E-state index in [0.29, 0.717) is 17.2 Å². The van der Waals surface area contributed by atoms with E-state index in [-0.39, 0.29) is 27.9 Å². The number of carbonyl (C=O) groups is 1. The first kappa shape index (κ1) is 27.5. The van der Waals surface area contributed by atoms with Crippen molar-refractivity contribution >= 4 is 40.4 Å². The Kier molecular flexibility index (Phi) is 10.3. The van der Waals surface area contributed by atoms with Crippen LogP contribution in [0.15, 0.2) is 24.4 Å². The number of ether oxygens (including phenoxy) is 2. The minimum atomic E-state index is -2.65. The van der Waals surface area contributed by atoms with Crippen LogP contribution in [0.3, 0.4) is 0 Å². The number of nitrogens with two attached hydrogens (primary N) is 1. The van der Waals surface area contributed by atoms with Crippen LogP contribution in [-0.2, 0) is 21.0 Å². The number of fused-ring (bicyclic) bond motifs is 1. The van der Waals surface area contributed by atoms with Crippen LogP contribution >= 0.6 is 11.6 Å². The number of rotatable bonds is 6. The van der Waals surface area contributed by atoms with Gasteiger partial charge in [-0.1, -0.05) is 18.5 Å². The highest BCUT2D eigenvalue weighted by molar-refractivity contribution is 7.85. The maximum absolute atomic E-state index is 12.5. The molecule has 9 nitrogen and oxygen atoms in total. The molecule has 0 amide bonds. The molecule has 4 rings (SSSR count). The molecule has 0 aromatic carbocycles. The first-order chi connectivity index (χ1) is 16.3.